The quantitative estimate of drug-likeness (QED) is 0.698. The van der Waals surface area contributed by atoms with Crippen molar-refractivity contribution in [3.63, 3.8) is 0 Å². The average Bonchev–Trinajstić information content (AvgIpc) is 2.49. The fourth-order valence-corrected chi connectivity index (χ4v) is 2.44. The minimum Gasteiger partial charge on any atom is -0.497 e. The third-order valence-corrected chi connectivity index (χ3v) is 3.51. The van der Waals surface area contributed by atoms with Crippen LogP contribution in [0.5, 0.6) is 0 Å². The number of carbonyl (C=O) groups excluding carboxylic acids is 1. The molecule has 0 radical (unpaired) electrons. The van der Waals surface area contributed by atoms with Crippen molar-refractivity contribution in [3.8, 4) is 0 Å². The van der Waals surface area contributed by atoms with Crippen LogP contribution in [0.4, 0.5) is 18.0 Å². The lowest BCUT2D eigenvalue weighted by atomic mass is 9.87. The SMILES string of the molecule is COC1=CC(CN(CC(F)(F)F)C(=O)OC(C)(C)C)C(C=CC(=O)O)C=C1. The van der Waals surface area contributed by atoms with Gasteiger partial charge in [0.25, 0.3) is 0 Å². The Labute approximate surface area is 155 Å². The molecule has 1 rings (SSSR count). The van der Waals surface area contributed by atoms with E-state index in [2.05, 4.69) is 0 Å². The third-order valence-electron chi connectivity index (χ3n) is 3.51. The molecule has 9 heteroatoms. The summed E-state index contributed by atoms with van der Waals surface area (Å²) in [7, 11) is 1.40. The Kier molecular flexibility index (Phi) is 7.50. The normalized spacial score (nSPS) is 20.3. The van der Waals surface area contributed by atoms with E-state index in [1.165, 1.54) is 13.2 Å². The fraction of sp³-hybridized carbons (Fsp3) is 0.556. The predicted molar refractivity (Wildman–Crippen MR) is 91.8 cm³/mol. The van der Waals surface area contributed by atoms with Gasteiger partial charge >= 0.3 is 18.2 Å². The highest BCUT2D eigenvalue weighted by Crippen LogP contribution is 2.28. The number of methoxy groups -OCH3 is 1. The molecule has 0 saturated carbocycles. The number of rotatable bonds is 6. The standard InChI is InChI=1S/C18H24F3NO5/c1-17(2,3)27-16(25)22(11-18(19,20)21)10-13-9-14(26-4)7-5-12(13)6-8-15(23)24/h5-9,12-13H,10-11H2,1-4H3,(H,23,24). The summed E-state index contributed by atoms with van der Waals surface area (Å²) in [5.41, 5.74) is -0.955. The number of nitrogens with zero attached hydrogens (tertiary/aromatic N) is 1. The molecule has 0 heterocycles. The number of carboxylic acid groups (broad SMARTS) is 1. The lowest BCUT2D eigenvalue weighted by Crippen LogP contribution is -2.45. The highest BCUT2D eigenvalue weighted by Gasteiger charge is 2.37. The zero-order chi connectivity index (χ0) is 20.8. The van der Waals surface area contributed by atoms with Crippen LogP contribution in [0.15, 0.2) is 36.1 Å². The van der Waals surface area contributed by atoms with Gasteiger partial charge in [-0.25, -0.2) is 9.59 Å². The first-order chi connectivity index (χ1) is 12.3. The van der Waals surface area contributed by atoms with E-state index >= 15 is 0 Å². The molecule has 1 amide bonds. The molecule has 152 valence electrons. The van der Waals surface area contributed by atoms with Crippen LogP contribution in [-0.2, 0) is 14.3 Å². The van der Waals surface area contributed by atoms with Gasteiger partial charge in [-0.15, -0.1) is 0 Å². The lowest BCUT2D eigenvalue weighted by Gasteiger charge is -2.32. The smallest absolute Gasteiger partial charge is 0.410 e. The highest BCUT2D eigenvalue weighted by molar-refractivity contribution is 5.79. The van der Waals surface area contributed by atoms with Gasteiger partial charge < -0.3 is 14.6 Å². The van der Waals surface area contributed by atoms with E-state index in [0.29, 0.717) is 10.7 Å². The van der Waals surface area contributed by atoms with E-state index < -0.39 is 42.2 Å². The van der Waals surface area contributed by atoms with Gasteiger partial charge in [0.2, 0.25) is 0 Å². The van der Waals surface area contributed by atoms with Crippen LogP contribution in [0, 0.1) is 11.8 Å². The number of carbonyl (C=O) groups is 2. The van der Waals surface area contributed by atoms with Crippen LogP contribution in [0.25, 0.3) is 0 Å². The van der Waals surface area contributed by atoms with Gasteiger partial charge in [-0.2, -0.15) is 13.2 Å². The summed E-state index contributed by atoms with van der Waals surface area (Å²) in [5.74, 6) is -1.90. The summed E-state index contributed by atoms with van der Waals surface area (Å²) >= 11 is 0. The molecule has 2 unspecified atom stereocenters. The van der Waals surface area contributed by atoms with Crippen LogP contribution in [0.2, 0.25) is 0 Å². The number of alkyl halides is 3. The number of carboxylic acids is 1. The fourth-order valence-electron chi connectivity index (χ4n) is 2.44. The van der Waals surface area contributed by atoms with Gasteiger partial charge in [-0.3, -0.25) is 4.90 Å². The van der Waals surface area contributed by atoms with Crippen molar-refractivity contribution >= 4 is 12.1 Å². The molecular formula is C18H24F3NO5. The first-order valence-electron chi connectivity index (χ1n) is 8.20. The maximum atomic E-state index is 13.0. The van der Waals surface area contributed by atoms with Crippen LogP contribution in [0.1, 0.15) is 20.8 Å². The summed E-state index contributed by atoms with van der Waals surface area (Å²) in [6.45, 7) is 2.87. The number of amides is 1. The molecule has 27 heavy (non-hydrogen) atoms. The topological polar surface area (TPSA) is 76.1 Å². The van der Waals surface area contributed by atoms with Gasteiger partial charge in [0.05, 0.1) is 7.11 Å². The molecule has 0 aromatic heterocycles. The summed E-state index contributed by atoms with van der Waals surface area (Å²) in [5, 5.41) is 8.79. The van der Waals surface area contributed by atoms with Crippen LogP contribution in [0.3, 0.4) is 0 Å². The molecule has 1 aliphatic rings. The molecule has 0 aromatic carbocycles. The molecule has 1 N–H and O–H groups in total. The molecule has 0 aliphatic heterocycles. The minimum absolute atomic E-state index is 0.319. The van der Waals surface area contributed by atoms with Crippen molar-refractivity contribution in [2.75, 3.05) is 20.2 Å². The number of aliphatic carboxylic acids is 1. The Balaban J connectivity index is 3.09. The Bertz CT molecular complexity index is 632. The highest BCUT2D eigenvalue weighted by atomic mass is 19.4. The Morgan fingerprint density at radius 1 is 1.30 bits per heavy atom. The van der Waals surface area contributed by atoms with Gasteiger partial charge in [-0.1, -0.05) is 12.2 Å². The number of hydrogen-bond donors (Lipinski definition) is 1. The second kappa shape index (κ2) is 8.96. The van der Waals surface area contributed by atoms with Crippen LogP contribution >= 0.6 is 0 Å². The molecule has 0 spiro atoms. The second-order valence-corrected chi connectivity index (χ2v) is 7.05. The summed E-state index contributed by atoms with van der Waals surface area (Å²) in [4.78, 5) is 23.6. The van der Waals surface area contributed by atoms with Crippen molar-refractivity contribution < 1.29 is 37.3 Å². The van der Waals surface area contributed by atoms with Gasteiger partial charge in [0.1, 0.15) is 17.9 Å². The summed E-state index contributed by atoms with van der Waals surface area (Å²) in [6.07, 6.45) is 1.33. The molecule has 0 aromatic rings. The maximum Gasteiger partial charge on any atom is 0.410 e. The minimum atomic E-state index is -4.61. The van der Waals surface area contributed by atoms with E-state index in [1.54, 1.807) is 39.0 Å². The maximum absolute atomic E-state index is 13.0. The first-order valence-corrected chi connectivity index (χ1v) is 8.20. The third kappa shape index (κ3) is 8.65. The van der Waals surface area contributed by atoms with Crippen molar-refractivity contribution in [1.82, 2.24) is 4.90 Å². The number of allylic oxidation sites excluding steroid dienone is 3. The van der Waals surface area contributed by atoms with Gasteiger partial charge in [0.15, 0.2) is 0 Å². The van der Waals surface area contributed by atoms with E-state index in [0.717, 1.165) is 6.08 Å². The average molecular weight is 391 g/mol. The van der Waals surface area contributed by atoms with Crippen molar-refractivity contribution in [1.29, 1.82) is 0 Å². The van der Waals surface area contributed by atoms with E-state index in [4.69, 9.17) is 14.6 Å². The molecule has 1 aliphatic carbocycles. The summed E-state index contributed by atoms with van der Waals surface area (Å²) < 4.78 is 49.0. The van der Waals surface area contributed by atoms with E-state index in [-0.39, 0.29) is 6.54 Å². The molecule has 2 atom stereocenters. The molecule has 0 saturated heterocycles. The number of ether oxygens (including phenoxy) is 2. The van der Waals surface area contributed by atoms with Crippen LogP contribution in [-0.4, -0.2) is 54.0 Å². The van der Waals surface area contributed by atoms with E-state index in [1.807, 2.05) is 0 Å². The van der Waals surface area contributed by atoms with Crippen molar-refractivity contribution in [3.05, 3.63) is 36.1 Å². The largest absolute Gasteiger partial charge is 0.497 e. The van der Waals surface area contributed by atoms with Gasteiger partial charge in [-0.05, 0) is 32.9 Å². The van der Waals surface area contributed by atoms with Crippen molar-refractivity contribution in [2.45, 2.75) is 32.5 Å². The monoisotopic (exact) mass is 391 g/mol. The second-order valence-electron chi connectivity index (χ2n) is 7.05. The Morgan fingerprint density at radius 2 is 1.93 bits per heavy atom. The Hall–Kier alpha value is -2.45. The summed E-state index contributed by atoms with van der Waals surface area (Å²) in [6, 6.07) is 0. The number of hydrogen-bond acceptors (Lipinski definition) is 4. The van der Waals surface area contributed by atoms with Gasteiger partial charge in [0, 0.05) is 24.5 Å². The molecule has 0 fully saturated rings. The predicted octanol–water partition coefficient (Wildman–Crippen LogP) is 3.76. The zero-order valence-corrected chi connectivity index (χ0v) is 15.6. The molecular weight excluding hydrogens is 367 g/mol. The zero-order valence-electron chi connectivity index (χ0n) is 15.6. The lowest BCUT2D eigenvalue weighted by molar-refractivity contribution is -0.145. The van der Waals surface area contributed by atoms with Crippen molar-refractivity contribution in [2.24, 2.45) is 11.8 Å². The molecule has 6 nitrogen and oxygen atoms in total. The van der Waals surface area contributed by atoms with Crippen LogP contribution < -0.4 is 0 Å². The Morgan fingerprint density at radius 3 is 2.41 bits per heavy atom. The number of halogens is 3. The first kappa shape index (κ1) is 22.6. The van der Waals surface area contributed by atoms with E-state index in [9.17, 15) is 22.8 Å². The molecule has 0 bridgehead atoms.